The molecule has 0 bridgehead atoms. The van der Waals surface area contributed by atoms with Crippen LogP contribution in [0.3, 0.4) is 0 Å². The quantitative estimate of drug-likeness (QED) is 0.625. The van der Waals surface area contributed by atoms with Crippen LogP contribution in [0.4, 0.5) is 0 Å². The lowest BCUT2D eigenvalue weighted by Gasteiger charge is -2.51. The van der Waals surface area contributed by atoms with Gasteiger partial charge in [-0.25, -0.2) is 0 Å². The first kappa shape index (κ1) is 10.9. The highest BCUT2D eigenvalue weighted by molar-refractivity contribution is 5.37. The van der Waals surface area contributed by atoms with Crippen molar-refractivity contribution in [3.63, 3.8) is 0 Å². The molecular weight excluding hydrogens is 228 g/mol. The van der Waals surface area contributed by atoms with Gasteiger partial charge in [0.15, 0.2) is 0 Å². The van der Waals surface area contributed by atoms with Gasteiger partial charge in [0.2, 0.25) is 0 Å². The van der Waals surface area contributed by atoms with Crippen molar-refractivity contribution in [3.8, 4) is 0 Å². The summed E-state index contributed by atoms with van der Waals surface area (Å²) in [5.41, 5.74) is 4.78. The Bertz CT molecular complexity index is 545. The summed E-state index contributed by atoms with van der Waals surface area (Å²) in [6, 6.07) is 10.1. The molecule has 1 radical (unpaired) electrons. The number of fused-ring (bicyclic) bond motifs is 3. The first-order valence-corrected chi connectivity index (χ1v) is 8.23. The van der Waals surface area contributed by atoms with Gasteiger partial charge in [0, 0.05) is 0 Å². The third-order valence-electron chi connectivity index (χ3n) is 7.59. The van der Waals surface area contributed by atoms with Gasteiger partial charge in [-0.1, -0.05) is 25.1 Å². The Balaban J connectivity index is 1.62. The maximum atomic E-state index is 3.29. The summed E-state index contributed by atoms with van der Waals surface area (Å²) in [5, 5.41) is 0. The summed E-state index contributed by atoms with van der Waals surface area (Å²) in [4.78, 5) is 0. The second kappa shape index (κ2) is 3.27. The summed E-state index contributed by atoms with van der Waals surface area (Å²) in [7, 11) is 0. The molecule has 0 heteroatoms. The van der Waals surface area contributed by atoms with Crippen LogP contribution < -0.4 is 0 Å². The standard InChI is InChI=1S/C19H23/c1-18-10-8-14-12-19(14,18)17-7-6-13-4-2-3-5-15(13)16(17)9-11-18/h3-5,14,16-17H,6-12H2,1H3/t14-,16-,17-,18+,19+/m1/s1. The Kier molecular flexibility index (Phi) is 1.88. The average Bonchev–Trinajstić information content (AvgIpc) is 3.10. The first-order chi connectivity index (χ1) is 9.25. The molecular formula is C19H23. The molecule has 1 spiro atoms. The molecule has 0 amide bonds. The normalized spacial score (nSPS) is 49.8. The highest BCUT2D eigenvalue weighted by Gasteiger charge is 2.73. The minimum atomic E-state index is 0.706. The molecule has 0 nitrogen and oxygen atoms in total. The summed E-state index contributed by atoms with van der Waals surface area (Å²) in [6.07, 6.45) is 10.3. The predicted molar refractivity (Wildman–Crippen MR) is 76.9 cm³/mol. The fourth-order valence-electron chi connectivity index (χ4n) is 6.66. The second-order valence-corrected chi connectivity index (χ2v) is 7.96. The Hall–Kier alpha value is -0.780. The van der Waals surface area contributed by atoms with Crippen molar-refractivity contribution in [3.05, 3.63) is 35.4 Å². The Labute approximate surface area is 116 Å². The fourth-order valence-corrected chi connectivity index (χ4v) is 6.66. The van der Waals surface area contributed by atoms with E-state index in [9.17, 15) is 0 Å². The third-order valence-corrected chi connectivity index (χ3v) is 7.59. The van der Waals surface area contributed by atoms with Crippen molar-refractivity contribution in [1.82, 2.24) is 0 Å². The van der Waals surface area contributed by atoms with Crippen molar-refractivity contribution >= 4 is 0 Å². The molecule has 4 aliphatic rings. The van der Waals surface area contributed by atoms with E-state index >= 15 is 0 Å². The number of benzene rings is 1. The predicted octanol–water partition coefficient (Wildman–Crippen LogP) is 4.73. The summed E-state index contributed by atoms with van der Waals surface area (Å²) in [5.74, 6) is 2.99. The van der Waals surface area contributed by atoms with Crippen molar-refractivity contribution in [1.29, 1.82) is 0 Å². The topological polar surface area (TPSA) is 0 Å². The zero-order valence-electron chi connectivity index (χ0n) is 11.9. The van der Waals surface area contributed by atoms with Gasteiger partial charge in [0.05, 0.1) is 0 Å². The molecule has 99 valence electrons. The van der Waals surface area contributed by atoms with Gasteiger partial charge in [-0.15, -0.1) is 0 Å². The van der Waals surface area contributed by atoms with Crippen LogP contribution in [-0.2, 0) is 6.42 Å². The molecule has 4 aliphatic carbocycles. The SMILES string of the molecule is C[C@@]12CC[C@@H]3C[C@@]31[C@@H]1CCc3c[c]ccc3[C@H]1CC2. The zero-order chi connectivity index (χ0) is 12.7. The number of aryl methyl sites for hydroxylation is 1. The molecule has 0 N–H and O–H groups in total. The fraction of sp³-hybridized carbons (Fsp3) is 0.684. The van der Waals surface area contributed by atoms with Crippen LogP contribution in [0, 0.1) is 28.7 Å². The lowest BCUT2D eigenvalue weighted by atomic mass is 9.53. The van der Waals surface area contributed by atoms with Crippen molar-refractivity contribution in [2.45, 2.75) is 57.8 Å². The molecule has 5 atom stereocenters. The largest absolute Gasteiger partial charge is 0.0591 e. The van der Waals surface area contributed by atoms with Gasteiger partial charge in [0.25, 0.3) is 0 Å². The zero-order valence-corrected chi connectivity index (χ0v) is 11.9. The highest BCUT2D eigenvalue weighted by Crippen LogP contribution is 2.81. The second-order valence-electron chi connectivity index (χ2n) is 7.96. The Morgan fingerprint density at radius 2 is 2.11 bits per heavy atom. The lowest BCUT2D eigenvalue weighted by Crippen LogP contribution is -2.43. The lowest BCUT2D eigenvalue weighted by molar-refractivity contribution is 0.0206. The molecule has 0 aliphatic heterocycles. The Morgan fingerprint density at radius 1 is 1.21 bits per heavy atom. The molecule has 0 heterocycles. The van der Waals surface area contributed by atoms with E-state index < -0.39 is 0 Å². The summed E-state index contributed by atoms with van der Waals surface area (Å²) >= 11 is 0. The van der Waals surface area contributed by atoms with Crippen LogP contribution in [0.15, 0.2) is 18.2 Å². The number of hydrogen-bond donors (Lipinski definition) is 0. The van der Waals surface area contributed by atoms with Crippen LogP contribution in [0.1, 0.15) is 62.5 Å². The maximum absolute atomic E-state index is 3.29. The first-order valence-electron chi connectivity index (χ1n) is 8.23. The van der Waals surface area contributed by atoms with E-state index in [1.165, 1.54) is 38.5 Å². The molecule has 1 aromatic rings. The van der Waals surface area contributed by atoms with Crippen LogP contribution >= 0.6 is 0 Å². The summed E-state index contributed by atoms with van der Waals surface area (Å²) < 4.78 is 0. The van der Waals surface area contributed by atoms with E-state index in [0.29, 0.717) is 5.41 Å². The number of hydrogen-bond acceptors (Lipinski definition) is 0. The van der Waals surface area contributed by atoms with Crippen molar-refractivity contribution in [2.24, 2.45) is 22.7 Å². The van der Waals surface area contributed by atoms with Gasteiger partial charge in [0.1, 0.15) is 0 Å². The van der Waals surface area contributed by atoms with E-state index in [4.69, 9.17) is 0 Å². The van der Waals surface area contributed by atoms with Gasteiger partial charge in [-0.05, 0) is 90.7 Å². The van der Waals surface area contributed by atoms with E-state index in [0.717, 1.165) is 23.2 Å². The van der Waals surface area contributed by atoms with Crippen LogP contribution in [0.25, 0.3) is 0 Å². The molecule has 1 aromatic carbocycles. The molecule has 0 aromatic heterocycles. The third kappa shape index (κ3) is 1.14. The van der Waals surface area contributed by atoms with Crippen molar-refractivity contribution < 1.29 is 0 Å². The van der Waals surface area contributed by atoms with E-state index in [1.54, 1.807) is 17.5 Å². The summed E-state index contributed by atoms with van der Waals surface area (Å²) in [6.45, 7) is 2.63. The maximum Gasteiger partial charge on any atom is -0.0125 e. The molecule has 3 saturated carbocycles. The van der Waals surface area contributed by atoms with Crippen molar-refractivity contribution in [2.75, 3.05) is 0 Å². The van der Waals surface area contributed by atoms with Gasteiger partial charge < -0.3 is 0 Å². The average molecular weight is 251 g/mol. The molecule has 0 saturated heterocycles. The molecule has 5 rings (SSSR count). The molecule has 3 fully saturated rings. The smallest absolute Gasteiger partial charge is 0.0125 e. The molecule has 19 heavy (non-hydrogen) atoms. The van der Waals surface area contributed by atoms with E-state index in [-0.39, 0.29) is 0 Å². The monoisotopic (exact) mass is 251 g/mol. The van der Waals surface area contributed by atoms with E-state index in [2.05, 4.69) is 31.2 Å². The van der Waals surface area contributed by atoms with Crippen LogP contribution in [0.5, 0.6) is 0 Å². The molecule has 0 unspecified atom stereocenters. The highest BCUT2D eigenvalue weighted by atomic mass is 14.8. The van der Waals surface area contributed by atoms with Gasteiger partial charge >= 0.3 is 0 Å². The van der Waals surface area contributed by atoms with Crippen LogP contribution in [0.2, 0.25) is 0 Å². The van der Waals surface area contributed by atoms with E-state index in [1.807, 2.05) is 0 Å². The van der Waals surface area contributed by atoms with Gasteiger partial charge in [-0.2, -0.15) is 0 Å². The number of rotatable bonds is 0. The minimum absolute atomic E-state index is 0.706. The Morgan fingerprint density at radius 3 is 3.00 bits per heavy atom. The van der Waals surface area contributed by atoms with Crippen LogP contribution in [-0.4, -0.2) is 0 Å². The van der Waals surface area contributed by atoms with Gasteiger partial charge in [-0.3, -0.25) is 0 Å². The minimum Gasteiger partial charge on any atom is -0.0591 e.